The van der Waals surface area contributed by atoms with Gasteiger partial charge in [0.25, 0.3) is 0 Å². The number of benzene rings is 4. The number of methoxy groups -OCH3 is 1. The van der Waals surface area contributed by atoms with E-state index in [4.69, 9.17) is 14.2 Å². The first-order chi connectivity index (χ1) is 21.0. The van der Waals surface area contributed by atoms with Crippen molar-refractivity contribution in [1.29, 1.82) is 0 Å². The van der Waals surface area contributed by atoms with Crippen molar-refractivity contribution in [3.63, 3.8) is 0 Å². The average Bonchev–Trinajstić information content (AvgIpc) is 3.06. The van der Waals surface area contributed by atoms with Gasteiger partial charge in [0, 0.05) is 12.8 Å². The number of ether oxygens (including phenoxy) is 3. The third-order valence-corrected chi connectivity index (χ3v) is 7.40. The first-order valence-corrected chi connectivity index (χ1v) is 14.2. The molecule has 0 spiro atoms. The van der Waals surface area contributed by atoms with Crippen LogP contribution in [0.3, 0.4) is 0 Å². The van der Waals surface area contributed by atoms with E-state index >= 15 is 0 Å². The second kappa shape index (κ2) is 14.2. The Balaban J connectivity index is 1.27. The minimum atomic E-state index is -0.951. The van der Waals surface area contributed by atoms with Crippen molar-refractivity contribution in [3.05, 3.63) is 137 Å². The molecule has 0 aromatic heterocycles. The zero-order valence-electron chi connectivity index (χ0n) is 24.0. The smallest absolute Gasteiger partial charge is 0.411 e. The molecule has 5 rings (SSSR count). The predicted molar refractivity (Wildman–Crippen MR) is 161 cm³/mol. The zero-order valence-corrected chi connectivity index (χ0v) is 24.0. The minimum Gasteiger partial charge on any atom is -0.489 e. The van der Waals surface area contributed by atoms with Gasteiger partial charge in [-0.15, -0.1) is 0 Å². The molecule has 0 saturated carbocycles. The lowest BCUT2D eigenvalue weighted by atomic mass is 9.93. The van der Waals surface area contributed by atoms with Crippen LogP contribution in [0.5, 0.6) is 5.75 Å². The van der Waals surface area contributed by atoms with Crippen LogP contribution in [-0.2, 0) is 51.7 Å². The number of hydrogen-bond donors (Lipinski definition) is 1. The second-order valence-corrected chi connectivity index (χ2v) is 10.4. The van der Waals surface area contributed by atoms with E-state index in [0.717, 1.165) is 27.8 Å². The highest BCUT2D eigenvalue weighted by molar-refractivity contribution is 5.90. The van der Waals surface area contributed by atoms with Gasteiger partial charge in [-0.25, -0.2) is 9.59 Å². The highest BCUT2D eigenvalue weighted by Gasteiger charge is 2.37. The largest absolute Gasteiger partial charge is 0.489 e. The van der Waals surface area contributed by atoms with Crippen molar-refractivity contribution in [1.82, 2.24) is 10.2 Å². The molecule has 8 heteroatoms. The van der Waals surface area contributed by atoms with E-state index in [0.29, 0.717) is 18.8 Å². The summed E-state index contributed by atoms with van der Waals surface area (Å²) in [4.78, 5) is 41.2. The monoisotopic (exact) mass is 578 g/mol. The Morgan fingerprint density at radius 3 is 2.02 bits per heavy atom. The summed E-state index contributed by atoms with van der Waals surface area (Å²) in [6.45, 7) is 0.743. The van der Waals surface area contributed by atoms with Crippen molar-refractivity contribution < 1.29 is 28.6 Å². The molecule has 0 unspecified atom stereocenters. The van der Waals surface area contributed by atoms with Gasteiger partial charge in [0.1, 0.15) is 31.0 Å². The number of rotatable bonds is 10. The highest BCUT2D eigenvalue weighted by atomic mass is 16.6. The van der Waals surface area contributed by atoms with E-state index < -0.39 is 30.1 Å². The van der Waals surface area contributed by atoms with Crippen molar-refractivity contribution >= 4 is 18.0 Å². The fourth-order valence-corrected chi connectivity index (χ4v) is 5.05. The van der Waals surface area contributed by atoms with Crippen LogP contribution in [0, 0.1) is 0 Å². The fraction of sp³-hybridized carbons (Fsp3) is 0.229. The molecule has 4 aromatic rings. The van der Waals surface area contributed by atoms with Gasteiger partial charge < -0.3 is 19.5 Å². The molecule has 2 atom stereocenters. The Kier molecular flexibility index (Phi) is 9.69. The van der Waals surface area contributed by atoms with Crippen molar-refractivity contribution in [2.24, 2.45) is 0 Å². The summed E-state index contributed by atoms with van der Waals surface area (Å²) in [5.41, 5.74) is 4.63. The molecule has 0 bridgehead atoms. The van der Waals surface area contributed by atoms with E-state index in [1.807, 2.05) is 109 Å². The Morgan fingerprint density at radius 2 is 1.37 bits per heavy atom. The summed E-state index contributed by atoms with van der Waals surface area (Å²) in [5.74, 6) is -0.340. The summed E-state index contributed by atoms with van der Waals surface area (Å²) in [7, 11) is 1.28. The number of amides is 2. The Bertz CT molecular complexity index is 1530. The first kappa shape index (κ1) is 29.4. The minimum absolute atomic E-state index is 0.0853. The van der Waals surface area contributed by atoms with Crippen LogP contribution < -0.4 is 10.1 Å². The predicted octanol–water partition coefficient (Wildman–Crippen LogP) is 5.23. The summed E-state index contributed by atoms with van der Waals surface area (Å²) in [6, 6.07) is 32.5. The Hall–Kier alpha value is -5.11. The van der Waals surface area contributed by atoms with Crippen LogP contribution in [0.4, 0.5) is 4.79 Å². The highest BCUT2D eigenvalue weighted by Crippen LogP contribution is 2.25. The van der Waals surface area contributed by atoms with Crippen molar-refractivity contribution in [2.75, 3.05) is 7.11 Å². The van der Waals surface area contributed by atoms with E-state index in [-0.39, 0.29) is 19.6 Å². The van der Waals surface area contributed by atoms with Crippen LogP contribution in [0.1, 0.15) is 27.8 Å². The molecule has 220 valence electrons. The van der Waals surface area contributed by atoms with E-state index in [2.05, 4.69) is 5.32 Å². The van der Waals surface area contributed by atoms with Crippen LogP contribution in [0.25, 0.3) is 0 Å². The normalized spacial score (nSPS) is 14.6. The molecular formula is C35H34N2O6. The van der Waals surface area contributed by atoms with Gasteiger partial charge in [-0.1, -0.05) is 97.1 Å². The lowest BCUT2D eigenvalue weighted by molar-refractivity contribution is -0.145. The molecule has 43 heavy (non-hydrogen) atoms. The molecule has 1 N–H and O–H groups in total. The summed E-state index contributed by atoms with van der Waals surface area (Å²) < 4.78 is 16.5. The van der Waals surface area contributed by atoms with Crippen LogP contribution in [0.2, 0.25) is 0 Å². The maximum Gasteiger partial charge on any atom is 0.411 e. The SMILES string of the molecule is COC(=O)[C@@H](Cc1ccc(OCc2ccccc2)cc1)NC(=O)[C@@H]1Cc2ccccc2CN1C(=O)OCc1ccccc1. The van der Waals surface area contributed by atoms with Gasteiger partial charge in [0.05, 0.1) is 13.7 Å². The second-order valence-electron chi connectivity index (χ2n) is 10.4. The molecule has 8 nitrogen and oxygen atoms in total. The molecule has 1 aliphatic heterocycles. The molecule has 1 heterocycles. The Morgan fingerprint density at radius 1 is 0.767 bits per heavy atom. The number of fused-ring (bicyclic) bond motifs is 1. The van der Waals surface area contributed by atoms with Gasteiger partial charge >= 0.3 is 12.1 Å². The third-order valence-electron chi connectivity index (χ3n) is 7.40. The number of nitrogens with zero attached hydrogens (tertiary/aromatic N) is 1. The molecule has 1 aliphatic rings. The van der Waals surface area contributed by atoms with E-state index in [1.54, 1.807) is 0 Å². The molecule has 0 aliphatic carbocycles. The number of nitrogens with one attached hydrogen (secondary N) is 1. The molecule has 4 aromatic carbocycles. The molecule has 0 fully saturated rings. The quantitative estimate of drug-likeness (QED) is 0.259. The maximum atomic E-state index is 13.7. The number of carbonyl (C=O) groups excluding carboxylic acids is 3. The Labute approximate surface area is 251 Å². The fourth-order valence-electron chi connectivity index (χ4n) is 5.05. The van der Waals surface area contributed by atoms with Crippen molar-refractivity contribution in [2.45, 2.75) is 44.7 Å². The van der Waals surface area contributed by atoms with Crippen LogP contribution in [0.15, 0.2) is 109 Å². The third kappa shape index (κ3) is 7.80. The number of carbonyl (C=O) groups is 3. The van der Waals surface area contributed by atoms with Gasteiger partial charge in [-0.2, -0.15) is 0 Å². The molecule has 0 saturated heterocycles. The van der Waals surface area contributed by atoms with Gasteiger partial charge in [0.2, 0.25) is 5.91 Å². The molecule has 2 amide bonds. The van der Waals surface area contributed by atoms with Gasteiger partial charge in [-0.05, 0) is 39.9 Å². The van der Waals surface area contributed by atoms with Crippen LogP contribution in [-0.4, -0.2) is 42.1 Å². The number of esters is 1. The van der Waals surface area contributed by atoms with E-state index in [1.165, 1.54) is 12.0 Å². The summed E-state index contributed by atoms with van der Waals surface area (Å²) >= 11 is 0. The first-order valence-electron chi connectivity index (χ1n) is 14.2. The van der Waals surface area contributed by atoms with Gasteiger partial charge in [0.15, 0.2) is 0 Å². The van der Waals surface area contributed by atoms with Crippen molar-refractivity contribution in [3.8, 4) is 5.75 Å². The van der Waals surface area contributed by atoms with Crippen LogP contribution >= 0.6 is 0 Å². The topological polar surface area (TPSA) is 94.2 Å². The average molecular weight is 579 g/mol. The zero-order chi connectivity index (χ0) is 30.0. The molecular weight excluding hydrogens is 544 g/mol. The standard InChI is InChI=1S/C35H34N2O6/c1-41-34(39)31(20-25-16-18-30(19-17-25)42-23-26-10-4-2-5-11-26)36-33(38)32-21-28-14-8-9-15-29(28)22-37(32)35(40)43-24-27-12-6-3-7-13-27/h2-19,31-32H,20-24H2,1H3,(H,36,38)/t31-,32+/m1/s1. The number of hydrogen-bond acceptors (Lipinski definition) is 6. The lowest BCUT2D eigenvalue weighted by Gasteiger charge is -2.35. The lowest BCUT2D eigenvalue weighted by Crippen LogP contribution is -2.56. The van der Waals surface area contributed by atoms with Gasteiger partial charge in [-0.3, -0.25) is 9.69 Å². The molecule has 0 radical (unpaired) electrons. The van der Waals surface area contributed by atoms with E-state index in [9.17, 15) is 14.4 Å². The summed E-state index contributed by atoms with van der Waals surface area (Å²) in [5, 5.41) is 2.84. The maximum absolute atomic E-state index is 13.7. The summed E-state index contributed by atoms with van der Waals surface area (Å²) in [6.07, 6.45) is -0.0950.